The van der Waals surface area contributed by atoms with Crippen LogP contribution in [0.1, 0.15) is 10.9 Å². The molecule has 0 aliphatic carbocycles. The summed E-state index contributed by atoms with van der Waals surface area (Å²) in [5.74, 6) is -0.770. The lowest BCUT2D eigenvalue weighted by atomic mass is 10.2. The molecule has 0 aromatic heterocycles. The summed E-state index contributed by atoms with van der Waals surface area (Å²) in [6.07, 6.45) is 0. The molecule has 0 spiro atoms. The van der Waals surface area contributed by atoms with E-state index in [0.29, 0.717) is 15.8 Å². The van der Waals surface area contributed by atoms with Gasteiger partial charge in [-0.25, -0.2) is 4.39 Å². The molecule has 1 unspecified atom stereocenters. The van der Waals surface area contributed by atoms with E-state index in [2.05, 4.69) is 21.2 Å². The number of aliphatic carboxylic acids is 1. The van der Waals surface area contributed by atoms with Crippen molar-refractivity contribution < 1.29 is 14.3 Å². The van der Waals surface area contributed by atoms with Gasteiger partial charge in [0.2, 0.25) is 0 Å². The largest absolute Gasteiger partial charge is 0.480 e. The Morgan fingerprint density at radius 3 is 2.94 bits per heavy atom. The van der Waals surface area contributed by atoms with Crippen molar-refractivity contribution in [3.63, 3.8) is 0 Å². The highest BCUT2D eigenvalue weighted by Crippen LogP contribution is 2.34. The second-order valence-corrected chi connectivity index (χ2v) is 5.49. The van der Waals surface area contributed by atoms with E-state index < -0.39 is 12.0 Å². The summed E-state index contributed by atoms with van der Waals surface area (Å²) in [5.41, 5.74) is 0.497. The van der Waals surface area contributed by atoms with Gasteiger partial charge in [-0.15, -0.1) is 11.8 Å². The summed E-state index contributed by atoms with van der Waals surface area (Å²) in [5, 5.41) is 11.4. The molecule has 1 aliphatic heterocycles. The van der Waals surface area contributed by atoms with Gasteiger partial charge < -0.3 is 5.11 Å². The third-order valence-corrected chi connectivity index (χ3v) is 4.07. The number of hydrogen-bond acceptors (Lipinski definition) is 3. The predicted octanol–water partition coefficient (Wildman–Crippen LogP) is 2.38. The van der Waals surface area contributed by atoms with Gasteiger partial charge in [0.05, 0.1) is 5.37 Å². The summed E-state index contributed by atoms with van der Waals surface area (Å²) < 4.78 is 14.3. The second-order valence-electron chi connectivity index (χ2n) is 3.44. The monoisotopic (exact) mass is 305 g/mol. The van der Waals surface area contributed by atoms with Gasteiger partial charge in [-0.3, -0.25) is 10.1 Å². The third-order valence-electron chi connectivity index (χ3n) is 2.33. The van der Waals surface area contributed by atoms with Crippen molar-refractivity contribution >= 4 is 33.7 Å². The van der Waals surface area contributed by atoms with Gasteiger partial charge >= 0.3 is 5.97 Å². The smallest absolute Gasteiger partial charge is 0.321 e. The van der Waals surface area contributed by atoms with Crippen molar-refractivity contribution in [2.45, 2.75) is 11.4 Å². The van der Waals surface area contributed by atoms with E-state index in [-0.39, 0.29) is 11.2 Å². The van der Waals surface area contributed by atoms with E-state index in [1.807, 2.05) is 0 Å². The van der Waals surface area contributed by atoms with Crippen LogP contribution in [0.15, 0.2) is 22.7 Å². The van der Waals surface area contributed by atoms with Gasteiger partial charge in [-0.05, 0) is 12.1 Å². The van der Waals surface area contributed by atoms with Crippen LogP contribution in [0.5, 0.6) is 0 Å². The first-order valence-electron chi connectivity index (χ1n) is 4.63. The standard InChI is InChI=1S/C10H9BrFNO2S/c11-5-1-2-6(7(12)3-5)9-13-8(4-16-9)10(14)15/h1-3,8-9,13H,4H2,(H,14,15)/t8-,9?/m0/s1. The van der Waals surface area contributed by atoms with Gasteiger partial charge in [-0.1, -0.05) is 22.0 Å². The zero-order chi connectivity index (χ0) is 11.7. The lowest BCUT2D eigenvalue weighted by Crippen LogP contribution is -2.33. The van der Waals surface area contributed by atoms with Crippen LogP contribution >= 0.6 is 27.7 Å². The molecule has 1 heterocycles. The fraction of sp³-hybridized carbons (Fsp3) is 0.300. The van der Waals surface area contributed by atoms with Crippen molar-refractivity contribution in [3.8, 4) is 0 Å². The fourth-order valence-corrected chi connectivity index (χ4v) is 3.10. The minimum Gasteiger partial charge on any atom is -0.480 e. The molecule has 86 valence electrons. The lowest BCUT2D eigenvalue weighted by molar-refractivity contribution is -0.138. The van der Waals surface area contributed by atoms with Crippen LogP contribution in [-0.4, -0.2) is 22.9 Å². The number of thioether (sulfide) groups is 1. The minimum absolute atomic E-state index is 0.283. The minimum atomic E-state index is -0.896. The van der Waals surface area contributed by atoms with Gasteiger partial charge in [0, 0.05) is 15.8 Å². The Hall–Kier alpha value is -0.590. The second kappa shape index (κ2) is 4.73. The molecule has 1 aliphatic rings. The Kier molecular flexibility index (Phi) is 3.51. The average molecular weight is 306 g/mol. The zero-order valence-corrected chi connectivity index (χ0v) is 10.5. The molecule has 0 bridgehead atoms. The molecular weight excluding hydrogens is 297 g/mol. The number of rotatable bonds is 2. The molecule has 16 heavy (non-hydrogen) atoms. The summed E-state index contributed by atoms with van der Waals surface area (Å²) in [4.78, 5) is 10.7. The van der Waals surface area contributed by atoms with Crippen molar-refractivity contribution in [1.82, 2.24) is 5.32 Å². The fourth-order valence-electron chi connectivity index (χ4n) is 1.51. The van der Waals surface area contributed by atoms with Crippen LogP contribution in [0.2, 0.25) is 0 Å². The molecule has 3 nitrogen and oxygen atoms in total. The normalized spacial score (nSPS) is 24.6. The molecule has 0 amide bonds. The number of nitrogens with one attached hydrogen (secondary N) is 1. The van der Waals surface area contributed by atoms with Crippen LogP contribution in [0.3, 0.4) is 0 Å². The van der Waals surface area contributed by atoms with E-state index >= 15 is 0 Å². The van der Waals surface area contributed by atoms with Crippen LogP contribution in [-0.2, 0) is 4.79 Å². The highest BCUT2D eigenvalue weighted by atomic mass is 79.9. The highest BCUT2D eigenvalue weighted by Gasteiger charge is 2.31. The summed E-state index contributed by atoms with van der Waals surface area (Å²) in [6.45, 7) is 0. The number of carboxylic acids is 1. The van der Waals surface area contributed by atoms with E-state index in [9.17, 15) is 9.18 Å². The summed E-state index contributed by atoms with van der Waals surface area (Å²) in [6, 6.07) is 4.19. The molecule has 1 aromatic carbocycles. The number of hydrogen-bond donors (Lipinski definition) is 2. The number of carboxylic acid groups (broad SMARTS) is 1. The van der Waals surface area contributed by atoms with Crippen molar-refractivity contribution in [3.05, 3.63) is 34.1 Å². The van der Waals surface area contributed by atoms with Crippen LogP contribution in [0.25, 0.3) is 0 Å². The Balaban J connectivity index is 2.17. The molecule has 0 saturated carbocycles. The van der Waals surface area contributed by atoms with Gasteiger partial charge in [0.25, 0.3) is 0 Å². The first-order valence-corrected chi connectivity index (χ1v) is 6.47. The first-order chi connectivity index (χ1) is 7.58. The Morgan fingerprint density at radius 1 is 1.62 bits per heavy atom. The predicted molar refractivity (Wildman–Crippen MR) is 63.9 cm³/mol. The molecule has 0 radical (unpaired) electrons. The molecule has 6 heteroatoms. The first kappa shape index (κ1) is 11.9. The van der Waals surface area contributed by atoms with E-state index in [4.69, 9.17) is 5.11 Å². The number of carbonyl (C=O) groups is 1. The number of halogens is 2. The molecular formula is C10H9BrFNO2S. The van der Waals surface area contributed by atoms with E-state index in [1.54, 1.807) is 12.1 Å². The average Bonchev–Trinajstić information content (AvgIpc) is 2.66. The van der Waals surface area contributed by atoms with E-state index in [0.717, 1.165) is 0 Å². The Bertz CT molecular complexity index is 429. The molecule has 2 N–H and O–H groups in total. The summed E-state index contributed by atoms with van der Waals surface area (Å²) >= 11 is 4.58. The third kappa shape index (κ3) is 2.39. The topological polar surface area (TPSA) is 49.3 Å². The maximum Gasteiger partial charge on any atom is 0.321 e. The van der Waals surface area contributed by atoms with Crippen molar-refractivity contribution in [2.24, 2.45) is 0 Å². The van der Waals surface area contributed by atoms with Crippen molar-refractivity contribution in [1.29, 1.82) is 0 Å². The van der Waals surface area contributed by atoms with Gasteiger partial charge in [0.1, 0.15) is 11.9 Å². The van der Waals surface area contributed by atoms with Gasteiger partial charge in [-0.2, -0.15) is 0 Å². The Labute approximate surface area is 105 Å². The van der Waals surface area contributed by atoms with Crippen LogP contribution < -0.4 is 5.32 Å². The van der Waals surface area contributed by atoms with Gasteiger partial charge in [0.15, 0.2) is 0 Å². The molecule has 2 atom stereocenters. The maximum absolute atomic E-state index is 13.6. The zero-order valence-electron chi connectivity index (χ0n) is 8.11. The van der Waals surface area contributed by atoms with Crippen molar-refractivity contribution in [2.75, 3.05) is 5.75 Å². The van der Waals surface area contributed by atoms with Crippen LogP contribution in [0, 0.1) is 5.82 Å². The SMILES string of the molecule is O=C(O)[C@@H]1CSC(c2ccc(Br)cc2F)N1. The quantitative estimate of drug-likeness (QED) is 0.881. The van der Waals surface area contributed by atoms with E-state index in [1.165, 1.54) is 17.8 Å². The molecule has 1 saturated heterocycles. The Morgan fingerprint density at radius 2 is 2.38 bits per heavy atom. The lowest BCUT2D eigenvalue weighted by Gasteiger charge is -2.12. The maximum atomic E-state index is 13.6. The van der Waals surface area contributed by atoms with Crippen LogP contribution in [0.4, 0.5) is 4.39 Å². The summed E-state index contributed by atoms with van der Waals surface area (Å²) in [7, 11) is 0. The highest BCUT2D eigenvalue weighted by molar-refractivity contribution is 9.10. The number of benzene rings is 1. The molecule has 1 fully saturated rings. The molecule has 1 aromatic rings. The molecule has 2 rings (SSSR count).